The average Bonchev–Trinajstić information content (AvgIpc) is 3.20. The second-order valence-electron chi connectivity index (χ2n) is 5.37. The zero-order chi connectivity index (χ0) is 17.8. The largest absolute Gasteiger partial charge is 0.467 e. The fourth-order valence-corrected chi connectivity index (χ4v) is 2.66. The highest BCUT2D eigenvalue weighted by Gasteiger charge is 2.34. The first-order valence-corrected chi connectivity index (χ1v) is 8.02. The van der Waals surface area contributed by atoms with E-state index in [-0.39, 0.29) is 35.8 Å². The Bertz CT molecular complexity index is 797. The van der Waals surface area contributed by atoms with E-state index in [0.717, 1.165) is 4.90 Å². The van der Waals surface area contributed by atoms with Gasteiger partial charge in [0.25, 0.3) is 11.8 Å². The lowest BCUT2D eigenvalue weighted by Gasteiger charge is -2.14. The first-order chi connectivity index (χ1) is 12.1. The number of nitrogens with one attached hydrogen (secondary N) is 2. The number of benzene rings is 1. The van der Waals surface area contributed by atoms with Crippen molar-refractivity contribution in [3.63, 3.8) is 0 Å². The summed E-state index contributed by atoms with van der Waals surface area (Å²) in [5.41, 5.74) is 0.729. The van der Waals surface area contributed by atoms with Crippen LogP contribution < -0.4 is 10.6 Å². The van der Waals surface area contributed by atoms with Gasteiger partial charge in [-0.15, -0.1) is 0 Å². The number of fused-ring (bicyclic) bond motifs is 1. The summed E-state index contributed by atoms with van der Waals surface area (Å²) in [4.78, 5) is 37.4. The van der Waals surface area contributed by atoms with Crippen LogP contribution in [0.5, 0.6) is 0 Å². The number of hydrogen-bond donors (Lipinski definition) is 2. The van der Waals surface area contributed by atoms with Gasteiger partial charge < -0.3 is 15.1 Å². The summed E-state index contributed by atoms with van der Waals surface area (Å²) in [6.07, 6.45) is 1.51. The van der Waals surface area contributed by atoms with Crippen LogP contribution >= 0.6 is 12.2 Å². The van der Waals surface area contributed by atoms with Crippen molar-refractivity contribution in [2.75, 3.05) is 6.54 Å². The number of imide groups is 1. The molecule has 1 aliphatic heterocycles. The van der Waals surface area contributed by atoms with E-state index in [2.05, 4.69) is 10.6 Å². The number of thiocarbonyl (C=S) groups is 1. The van der Waals surface area contributed by atoms with Gasteiger partial charge in [-0.2, -0.15) is 0 Å². The highest BCUT2D eigenvalue weighted by molar-refractivity contribution is 7.80. The molecule has 25 heavy (non-hydrogen) atoms. The van der Waals surface area contributed by atoms with E-state index in [1.165, 1.54) is 0 Å². The maximum atomic E-state index is 12.2. The number of carbonyl (C=O) groups is 3. The van der Waals surface area contributed by atoms with Crippen molar-refractivity contribution in [2.24, 2.45) is 0 Å². The summed E-state index contributed by atoms with van der Waals surface area (Å²) < 4.78 is 5.14. The monoisotopic (exact) mass is 357 g/mol. The van der Waals surface area contributed by atoms with Crippen LogP contribution in [0, 0.1) is 0 Å². The number of nitrogens with zero attached hydrogens (tertiary/aromatic N) is 1. The first kappa shape index (κ1) is 16.8. The molecule has 0 aliphatic carbocycles. The molecule has 8 heteroatoms. The molecule has 128 valence electrons. The molecule has 0 unspecified atom stereocenters. The molecule has 2 N–H and O–H groups in total. The van der Waals surface area contributed by atoms with Crippen LogP contribution in [0.4, 0.5) is 0 Å². The molecule has 1 aliphatic rings. The molecular formula is C17H15N3O4S. The molecule has 0 fully saturated rings. The van der Waals surface area contributed by atoms with Crippen LogP contribution in [0.1, 0.15) is 32.9 Å². The highest BCUT2D eigenvalue weighted by Crippen LogP contribution is 2.22. The zero-order valence-corrected chi connectivity index (χ0v) is 14.0. The van der Waals surface area contributed by atoms with Crippen molar-refractivity contribution < 1.29 is 18.8 Å². The lowest BCUT2D eigenvalue weighted by Crippen LogP contribution is -2.41. The van der Waals surface area contributed by atoms with Gasteiger partial charge in [0, 0.05) is 13.0 Å². The lowest BCUT2D eigenvalue weighted by molar-refractivity contribution is -0.119. The smallest absolute Gasteiger partial charge is 0.261 e. The number of carbonyl (C=O) groups excluding carboxylic acids is 3. The predicted octanol–water partition coefficient (Wildman–Crippen LogP) is 1.46. The van der Waals surface area contributed by atoms with E-state index in [4.69, 9.17) is 16.6 Å². The van der Waals surface area contributed by atoms with Crippen LogP contribution in [0.3, 0.4) is 0 Å². The molecule has 0 spiro atoms. The molecule has 1 aromatic heterocycles. The number of amides is 3. The minimum absolute atomic E-state index is 0.00101. The molecule has 7 nitrogen and oxygen atoms in total. The number of rotatable bonds is 5. The molecule has 3 rings (SSSR count). The summed E-state index contributed by atoms with van der Waals surface area (Å²) in [7, 11) is 0. The van der Waals surface area contributed by atoms with Gasteiger partial charge in [-0.3, -0.25) is 19.3 Å². The van der Waals surface area contributed by atoms with Crippen molar-refractivity contribution in [1.82, 2.24) is 15.5 Å². The quantitative estimate of drug-likeness (QED) is 0.622. The second-order valence-corrected chi connectivity index (χ2v) is 5.78. The van der Waals surface area contributed by atoms with E-state index in [1.54, 1.807) is 42.7 Å². The maximum absolute atomic E-state index is 12.2. The molecular weight excluding hydrogens is 342 g/mol. The Hall–Kier alpha value is -3.00. The van der Waals surface area contributed by atoms with Crippen molar-refractivity contribution in [3.05, 3.63) is 59.5 Å². The second kappa shape index (κ2) is 7.27. The minimum atomic E-state index is -0.382. The number of furan rings is 1. The van der Waals surface area contributed by atoms with Gasteiger partial charge in [-0.25, -0.2) is 0 Å². The minimum Gasteiger partial charge on any atom is -0.467 e. The SMILES string of the molecule is O=C(CCN1C(=O)c2ccccc2C1=O)NC(=S)NCc1ccco1. The fourth-order valence-electron chi connectivity index (χ4n) is 2.47. The summed E-state index contributed by atoms with van der Waals surface area (Å²) in [6, 6.07) is 10.1. The van der Waals surface area contributed by atoms with Gasteiger partial charge in [0.1, 0.15) is 5.76 Å². The standard InChI is InChI=1S/C17H15N3O4S/c21-14(19-17(25)18-10-11-4-3-9-24-11)7-8-20-15(22)12-5-1-2-6-13(12)16(20)23/h1-6,9H,7-8,10H2,(H2,18,19,21,25). The highest BCUT2D eigenvalue weighted by atomic mass is 32.1. The van der Waals surface area contributed by atoms with Gasteiger partial charge in [0.2, 0.25) is 5.91 Å². The molecule has 0 radical (unpaired) electrons. The van der Waals surface area contributed by atoms with Gasteiger partial charge in [0.05, 0.1) is 23.9 Å². The molecule has 2 heterocycles. The van der Waals surface area contributed by atoms with Crippen molar-refractivity contribution in [2.45, 2.75) is 13.0 Å². The van der Waals surface area contributed by atoms with Crippen molar-refractivity contribution in [3.8, 4) is 0 Å². The molecule has 0 saturated carbocycles. The summed E-state index contributed by atoms with van der Waals surface area (Å²) in [6.45, 7) is 0.351. The van der Waals surface area contributed by atoms with Crippen molar-refractivity contribution in [1.29, 1.82) is 0 Å². The van der Waals surface area contributed by atoms with Crippen LogP contribution in [0.25, 0.3) is 0 Å². The fraction of sp³-hybridized carbons (Fsp3) is 0.176. The molecule has 2 aromatic rings. The van der Waals surface area contributed by atoms with Crippen molar-refractivity contribution >= 4 is 35.1 Å². The third-order valence-corrected chi connectivity index (χ3v) is 3.94. The van der Waals surface area contributed by atoms with E-state index >= 15 is 0 Å². The van der Waals surface area contributed by atoms with E-state index < -0.39 is 0 Å². The molecule has 3 amide bonds. The van der Waals surface area contributed by atoms with Gasteiger partial charge in [-0.05, 0) is 36.5 Å². The van der Waals surface area contributed by atoms with E-state index in [1.807, 2.05) is 0 Å². The summed E-state index contributed by atoms with van der Waals surface area (Å²) in [5, 5.41) is 5.50. The average molecular weight is 357 g/mol. The Balaban J connectivity index is 1.47. The maximum Gasteiger partial charge on any atom is 0.261 e. The lowest BCUT2D eigenvalue weighted by atomic mass is 10.1. The third kappa shape index (κ3) is 3.74. The van der Waals surface area contributed by atoms with Crippen LogP contribution in [0.2, 0.25) is 0 Å². The van der Waals surface area contributed by atoms with Crippen LogP contribution in [-0.2, 0) is 11.3 Å². The molecule has 0 atom stereocenters. The predicted molar refractivity (Wildman–Crippen MR) is 92.7 cm³/mol. The molecule has 0 bridgehead atoms. The molecule has 0 saturated heterocycles. The third-order valence-electron chi connectivity index (χ3n) is 3.70. The Morgan fingerprint density at radius 2 is 1.76 bits per heavy atom. The normalized spacial score (nSPS) is 12.9. The van der Waals surface area contributed by atoms with Crippen LogP contribution in [-0.4, -0.2) is 34.3 Å². The van der Waals surface area contributed by atoms with Gasteiger partial charge in [-0.1, -0.05) is 12.1 Å². The zero-order valence-electron chi connectivity index (χ0n) is 13.2. The van der Waals surface area contributed by atoms with E-state index in [0.29, 0.717) is 23.4 Å². The Morgan fingerprint density at radius 3 is 2.36 bits per heavy atom. The molecule has 1 aromatic carbocycles. The topological polar surface area (TPSA) is 91.7 Å². The number of hydrogen-bond acceptors (Lipinski definition) is 5. The Labute approximate surface area is 149 Å². The Morgan fingerprint density at radius 1 is 1.08 bits per heavy atom. The Kier molecular flexibility index (Phi) is 4.90. The summed E-state index contributed by atoms with van der Waals surface area (Å²) in [5.74, 6) is -0.463. The van der Waals surface area contributed by atoms with Gasteiger partial charge >= 0.3 is 0 Å². The van der Waals surface area contributed by atoms with Gasteiger partial charge in [0.15, 0.2) is 5.11 Å². The first-order valence-electron chi connectivity index (χ1n) is 7.61. The van der Waals surface area contributed by atoms with Crippen LogP contribution in [0.15, 0.2) is 47.1 Å². The van der Waals surface area contributed by atoms with E-state index in [9.17, 15) is 14.4 Å². The summed E-state index contributed by atoms with van der Waals surface area (Å²) >= 11 is 5.02.